The number of amides is 3. The molecule has 1 fully saturated rings. The van der Waals surface area contributed by atoms with E-state index in [4.69, 9.17) is 0 Å². The van der Waals surface area contributed by atoms with Crippen molar-refractivity contribution in [1.29, 1.82) is 0 Å². The van der Waals surface area contributed by atoms with Crippen LogP contribution in [0.4, 0.5) is 5.69 Å². The fourth-order valence-electron chi connectivity index (χ4n) is 3.95. The first-order valence-electron chi connectivity index (χ1n) is 11.3. The van der Waals surface area contributed by atoms with Crippen LogP contribution in [0.5, 0.6) is 0 Å². The van der Waals surface area contributed by atoms with E-state index in [1.54, 1.807) is 24.3 Å². The number of likely N-dealkylation sites (tertiary alicyclic amines) is 1. The SMILES string of the molecule is C[C@H](NC(=O)c1cccc(NC(=O)C[C@@H]2SC(N3CCCCC3)=NC2=O)c1)c1ccccc1. The third-order valence-electron chi connectivity index (χ3n) is 5.78. The Bertz CT molecular complexity index is 1050. The number of nitrogens with zero attached hydrogens (tertiary/aromatic N) is 2. The molecule has 33 heavy (non-hydrogen) atoms. The molecular formula is C25H28N4O3S. The molecule has 2 heterocycles. The molecule has 2 aromatic rings. The Labute approximate surface area is 198 Å². The van der Waals surface area contributed by atoms with Gasteiger partial charge < -0.3 is 15.5 Å². The minimum atomic E-state index is -0.500. The van der Waals surface area contributed by atoms with Gasteiger partial charge in [-0.25, -0.2) is 0 Å². The molecule has 3 amide bonds. The van der Waals surface area contributed by atoms with Gasteiger partial charge in [-0.15, -0.1) is 0 Å². The number of hydrogen-bond acceptors (Lipinski definition) is 5. The summed E-state index contributed by atoms with van der Waals surface area (Å²) in [6.45, 7) is 3.75. The summed E-state index contributed by atoms with van der Waals surface area (Å²) < 4.78 is 0. The Kier molecular flexibility index (Phi) is 7.44. The molecule has 172 valence electrons. The Balaban J connectivity index is 1.31. The summed E-state index contributed by atoms with van der Waals surface area (Å²) in [5.74, 6) is -0.742. The van der Waals surface area contributed by atoms with Gasteiger partial charge >= 0.3 is 0 Å². The molecule has 7 nitrogen and oxygen atoms in total. The van der Waals surface area contributed by atoms with Gasteiger partial charge in [0.25, 0.3) is 11.8 Å². The van der Waals surface area contributed by atoms with Crippen LogP contribution in [-0.2, 0) is 9.59 Å². The fourth-order valence-corrected chi connectivity index (χ4v) is 5.07. The molecule has 2 N–H and O–H groups in total. The number of rotatable bonds is 6. The van der Waals surface area contributed by atoms with Crippen molar-refractivity contribution in [1.82, 2.24) is 10.2 Å². The molecule has 0 aromatic heterocycles. The first-order valence-corrected chi connectivity index (χ1v) is 12.2. The van der Waals surface area contributed by atoms with Gasteiger partial charge in [-0.3, -0.25) is 14.4 Å². The first-order chi connectivity index (χ1) is 16.0. The zero-order valence-corrected chi connectivity index (χ0v) is 19.4. The number of aliphatic imine (C=N–C) groups is 1. The maximum absolute atomic E-state index is 12.7. The van der Waals surface area contributed by atoms with E-state index < -0.39 is 5.25 Å². The van der Waals surface area contributed by atoms with E-state index in [1.807, 2.05) is 37.3 Å². The maximum Gasteiger partial charge on any atom is 0.262 e. The lowest BCUT2D eigenvalue weighted by Crippen LogP contribution is -2.33. The lowest BCUT2D eigenvalue weighted by atomic mass is 10.1. The summed E-state index contributed by atoms with van der Waals surface area (Å²) in [6.07, 6.45) is 3.46. The second-order valence-electron chi connectivity index (χ2n) is 8.33. The third kappa shape index (κ3) is 6.01. The molecule has 2 aromatic carbocycles. The van der Waals surface area contributed by atoms with Crippen LogP contribution >= 0.6 is 11.8 Å². The van der Waals surface area contributed by atoms with E-state index in [1.165, 1.54) is 18.2 Å². The summed E-state index contributed by atoms with van der Waals surface area (Å²) in [6, 6.07) is 16.4. The van der Waals surface area contributed by atoms with E-state index in [0.29, 0.717) is 11.3 Å². The standard InChI is InChI=1S/C25H28N4O3S/c1-17(18-9-4-2-5-10-18)26-23(31)19-11-8-12-20(15-19)27-22(30)16-21-24(32)28-25(33-21)29-13-6-3-7-14-29/h2,4-5,8-12,15,17,21H,3,6-7,13-14,16H2,1H3,(H,26,31)(H,27,30)/t17-,21-/m0/s1. The molecule has 0 unspecified atom stereocenters. The highest BCUT2D eigenvalue weighted by atomic mass is 32.2. The zero-order chi connectivity index (χ0) is 23.2. The van der Waals surface area contributed by atoms with Crippen molar-refractivity contribution in [3.05, 3.63) is 65.7 Å². The largest absolute Gasteiger partial charge is 0.351 e. The third-order valence-corrected chi connectivity index (χ3v) is 7.00. The molecule has 2 atom stereocenters. The van der Waals surface area contributed by atoms with Gasteiger partial charge in [-0.05, 0) is 49.9 Å². The van der Waals surface area contributed by atoms with Crippen LogP contribution in [0, 0.1) is 0 Å². The van der Waals surface area contributed by atoms with Crippen LogP contribution < -0.4 is 10.6 Å². The molecule has 0 spiro atoms. The molecule has 0 saturated carbocycles. The number of carbonyl (C=O) groups is 3. The Morgan fingerprint density at radius 1 is 1.09 bits per heavy atom. The molecule has 0 bridgehead atoms. The predicted octanol–water partition coefficient (Wildman–Crippen LogP) is 3.99. The average Bonchev–Trinajstić information content (AvgIpc) is 3.20. The molecule has 4 rings (SSSR count). The van der Waals surface area contributed by atoms with Gasteiger partial charge in [-0.1, -0.05) is 48.2 Å². The van der Waals surface area contributed by atoms with Crippen LogP contribution in [0.1, 0.15) is 54.6 Å². The molecule has 2 aliphatic rings. The average molecular weight is 465 g/mol. The van der Waals surface area contributed by atoms with Crippen molar-refractivity contribution in [2.24, 2.45) is 4.99 Å². The van der Waals surface area contributed by atoms with E-state index >= 15 is 0 Å². The second-order valence-corrected chi connectivity index (χ2v) is 9.50. The van der Waals surface area contributed by atoms with Gasteiger partial charge in [-0.2, -0.15) is 4.99 Å². The Morgan fingerprint density at radius 2 is 1.85 bits per heavy atom. The molecular weight excluding hydrogens is 436 g/mol. The number of amidine groups is 1. The van der Waals surface area contributed by atoms with Crippen LogP contribution in [0.2, 0.25) is 0 Å². The lowest BCUT2D eigenvalue weighted by molar-refractivity contribution is -0.121. The van der Waals surface area contributed by atoms with Gasteiger partial charge in [0.15, 0.2) is 5.17 Å². The Hall–Kier alpha value is -3.13. The van der Waals surface area contributed by atoms with Gasteiger partial charge in [0.2, 0.25) is 5.91 Å². The van der Waals surface area contributed by atoms with E-state index in [-0.39, 0.29) is 30.2 Å². The summed E-state index contributed by atoms with van der Waals surface area (Å²) in [4.78, 5) is 43.9. The number of benzene rings is 2. The normalized spacial score (nSPS) is 19.1. The summed E-state index contributed by atoms with van der Waals surface area (Å²) in [7, 11) is 0. The van der Waals surface area contributed by atoms with Crippen molar-refractivity contribution < 1.29 is 14.4 Å². The van der Waals surface area contributed by atoms with Crippen molar-refractivity contribution in [3.8, 4) is 0 Å². The number of carbonyl (C=O) groups excluding carboxylic acids is 3. The molecule has 8 heteroatoms. The minimum absolute atomic E-state index is 0.0474. The molecule has 0 aliphatic carbocycles. The van der Waals surface area contributed by atoms with Crippen LogP contribution in [0.25, 0.3) is 0 Å². The highest BCUT2D eigenvalue weighted by molar-refractivity contribution is 8.15. The number of nitrogens with one attached hydrogen (secondary N) is 2. The van der Waals surface area contributed by atoms with Gasteiger partial charge in [0.1, 0.15) is 5.25 Å². The van der Waals surface area contributed by atoms with Gasteiger partial charge in [0.05, 0.1) is 6.04 Å². The van der Waals surface area contributed by atoms with Crippen LogP contribution in [0.3, 0.4) is 0 Å². The van der Waals surface area contributed by atoms with E-state index in [2.05, 4.69) is 20.5 Å². The smallest absolute Gasteiger partial charge is 0.262 e. The van der Waals surface area contributed by atoms with Crippen LogP contribution in [-0.4, -0.2) is 46.1 Å². The Morgan fingerprint density at radius 3 is 2.61 bits per heavy atom. The van der Waals surface area contributed by atoms with Crippen molar-refractivity contribution >= 4 is 40.3 Å². The fraction of sp³-hybridized carbons (Fsp3) is 0.360. The summed E-state index contributed by atoms with van der Waals surface area (Å²) in [5.41, 5.74) is 1.99. The quantitative estimate of drug-likeness (QED) is 0.675. The van der Waals surface area contributed by atoms with Gasteiger partial charge in [0, 0.05) is 30.8 Å². The number of piperidine rings is 1. The topological polar surface area (TPSA) is 90.9 Å². The number of anilines is 1. The van der Waals surface area contributed by atoms with Crippen LogP contribution in [0.15, 0.2) is 59.6 Å². The lowest BCUT2D eigenvalue weighted by Gasteiger charge is -2.27. The number of hydrogen-bond donors (Lipinski definition) is 2. The maximum atomic E-state index is 12.7. The zero-order valence-electron chi connectivity index (χ0n) is 18.6. The molecule has 1 saturated heterocycles. The summed E-state index contributed by atoms with van der Waals surface area (Å²) >= 11 is 1.38. The highest BCUT2D eigenvalue weighted by Gasteiger charge is 2.33. The second kappa shape index (κ2) is 10.7. The predicted molar refractivity (Wildman–Crippen MR) is 131 cm³/mol. The first kappa shape index (κ1) is 23.0. The minimum Gasteiger partial charge on any atom is -0.351 e. The molecule has 0 radical (unpaired) electrons. The summed E-state index contributed by atoms with van der Waals surface area (Å²) in [5, 5.41) is 6.03. The monoisotopic (exact) mass is 464 g/mol. The highest BCUT2D eigenvalue weighted by Crippen LogP contribution is 2.29. The van der Waals surface area contributed by atoms with E-state index in [0.717, 1.165) is 36.7 Å². The van der Waals surface area contributed by atoms with Crippen molar-refractivity contribution in [3.63, 3.8) is 0 Å². The van der Waals surface area contributed by atoms with Crippen molar-refractivity contribution in [2.75, 3.05) is 18.4 Å². The molecule has 2 aliphatic heterocycles. The van der Waals surface area contributed by atoms with E-state index in [9.17, 15) is 14.4 Å². The number of thioether (sulfide) groups is 1. The van der Waals surface area contributed by atoms with Crippen molar-refractivity contribution in [2.45, 2.75) is 43.9 Å².